The molecule has 1 aliphatic heterocycles. The number of guanidine groups is 1. The average Bonchev–Trinajstić information content (AvgIpc) is 2.61. The Morgan fingerprint density at radius 3 is 2.79 bits per heavy atom. The molecule has 7 heteroatoms. The molecule has 0 aliphatic carbocycles. The number of likely N-dealkylation sites (tertiary alicyclic amines) is 1. The lowest BCUT2D eigenvalue weighted by Crippen LogP contribution is -2.42. The molecule has 24 heavy (non-hydrogen) atoms. The molecule has 0 saturated carbocycles. The number of ether oxygens (including phenoxy) is 1. The van der Waals surface area contributed by atoms with Crippen molar-refractivity contribution in [2.45, 2.75) is 32.7 Å². The molecule has 2 rings (SSSR count). The summed E-state index contributed by atoms with van der Waals surface area (Å²) in [4.78, 5) is 11.3. The van der Waals surface area contributed by atoms with Crippen molar-refractivity contribution in [3.05, 3.63) is 23.9 Å². The van der Waals surface area contributed by atoms with Crippen LogP contribution in [0.5, 0.6) is 5.88 Å². The second kappa shape index (κ2) is 12.3. The van der Waals surface area contributed by atoms with Crippen LogP contribution in [0.3, 0.4) is 0 Å². The predicted molar refractivity (Wildman–Crippen MR) is 109 cm³/mol. The van der Waals surface area contributed by atoms with Gasteiger partial charge in [-0.05, 0) is 44.5 Å². The fourth-order valence-electron chi connectivity index (χ4n) is 2.69. The van der Waals surface area contributed by atoms with Crippen molar-refractivity contribution < 1.29 is 4.74 Å². The molecule has 1 aromatic heterocycles. The molecule has 6 nitrogen and oxygen atoms in total. The molecule has 0 bridgehead atoms. The predicted octanol–water partition coefficient (Wildman–Crippen LogP) is 2.25. The van der Waals surface area contributed by atoms with E-state index in [2.05, 4.69) is 32.4 Å². The van der Waals surface area contributed by atoms with Crippen LogP contribution in [0.15, 0.2) is 23.3 Å². The fraction of sp³-hybridized carbons (Fsp3) is 0.647. The highest BCUT2D eigenvalue weighted by molar-refractivity contribution is 14.0. The average molecular weight is 447 g/mol. The van der Waals surface area contributed by atoms with Crippen molar-refractivity contribution in [2.75, 3.05) is 39.8 Å². The highest BCUT2D eigenvalue weighted by Gasteiger charge is 2.09. The molecule has 2 heterocycles. The monoisotopic (exact) mass is 447 g/mol. The number of hydrogen-bond donors (Lipinski definition) is 2. The van der Waals surface area contributed by atoms with Crippen molar-refractivity contribution in [3.63, 3.8) is 0 Å². The second-order valence-corrected chi connectivity index (χ2v) is 5.73. The maximum absolute atomic E-state index is 5.14. The maximum atomic E-state index is 5.14. The largest absolute Gasteiger partial charge is 0.481 e. The van der Waals surface area contributed by atoms with E-state index in [-0.39, 0.29) is 24.0 Å². The minimum atomic E-state index is 0. The summed E-state index contributed by atoms with van der Waals surface area (Å²) in [5, 5.41) is 6.71. The van der Waals surface area contributed by atoms with Gasteiger partial charge in [0.05, 0.1) is 13.7 Å². The quantitative estimate of drug-likeness (QED) is 0.382. The molecule has 136 valence electrons. The summed E-state index contributed by atoms with van der Waals surface area (Å²) in [6, 6.07) is 3.88. The molecule has 1 fully saturated rings. The van der Waals surface area contributed by atoms with Gasteiger partial charge in [-0.2, -0.15) is 0 Å². The number of rotatable bonds is 7. The highest BCUT2D eigenvalue weighted by Crippen LogP contribution is 2.09. The van der Waals surface area contributed by atoms with Crippen molar-refractivity contribution in [2.24, 2.45) is 4.99 Å². The van der Waals surface area contributed by atoms with Gasteiger partial charge in [-0.1, -0.05) is 6.42 Å². The Morgan fingerprint density at radius 1 is 1.29 bits per heavy atom. The van der Waals surface area contributed by atoms with Crippen LogP contribution >= 0.6 is 24.0 Å². The number of aromatic nitrogens is 1. The zero-order chi connectivity index (χ0) is 16.3. The van der Waals surface area contributed by atoms with Gasteiger partial charge >= 0.3 is 0 Å². The molecular formula is C17H30IN5O. The van der Waals surface area contributed by atoms with Gasteiger partial charge in [-0.15, -0.1) is 24.0 Å². The maximum Gasteiger partial charge on any atom is 0.213 e. The molecule has 1 aromatic rings. The summed E-state index contributed by atoms with van der Waals surface area (Å²) in [6.45, 7) is 8.00. The fourth-order valence-corrected chi connectivity index (χ4v) is 2.69. The normalized spacial score (nSPS) is 15.5. The third-order valence-electron chi connectivity index (χ3n) is 3.94. The van der Waals surface area contributed by atoms with Crippen molar-refractivity contribution >= 4 is 29.9 Å². The first-order chi connectivity index (χ1) is 11.3. The lowest BCUT2D eigenvalue weighted by molar-refractivity contribution is 0.232. The van der Waals surface area contributed by atoms with E-state index < -0.39 is 0 Å². The van der Waals surface area contributed by atoms with Crippen LogP contribution < -0.4 is 15.4 Å². The highest BCUT2D eigenvalue weighted by atomic mass is 127. The van der Waals surface area contributed by atoms with Crippen LogP contribution in [-0.2, 0) is 6.54 Å². The number of aliphatic imine (C=N–C) groups is 1. The Hall–Kier alpha value is -1.09. The van der Waals surface area contributed by atoms with E-state index in [9.17, 15) is 0 Å². The number of pyridine rings is 1. The summed E-state index contributed by atoms with van der Waals surface area (Å²) >= 11 is 0. The number of methoxy groups -OCH3 is 1. The number of halogens is 1. The van der Waals surface area contributed by atoms with Gasteiger partial charge in [0, 0.05) is 31.9 Å². The summed E-state index contributed by atoms with van der Waals surface area (Å²) in [7, 11) is 1.63. The Labute approximate surface area is 162 Å². The van der Waals surface area contributed by atoms with Crippen LogP contribution in [0.1, 0.15) is 31.7 Å². The minimum Gasteiger partial charge on any atom is -0.481 e. The Morgan fingerprint density at radius 2 is 2.08 bits per heavy atom. The van der Waals surface area contributed by atoms with Gasteiger partial charge in [0.2, 0.25) is 5.88 Å². The van der Waals surface area contributed by atoms with Crippen molar-refractivity contribution in [1.82, 2.24) is 20.5 Å². The van der Waals surface area contributed by atoms with E-state index in [1.54, 1.807) is 13.3 Å². The van der Waals surface area contributed by atoms with Gasteiger partial charge in [-0.25, -0.2) is 9.98 Å². The first-order valence-electron chi connectivity index (χ1n) is 8.55. The first-order valence-corrected chi connectivity index (χ1v) is 8.55. The minimum absolute atomic E-state index is 0. The SMILES string of the molecule is CCNC(=NCc1ccnc(OC)c1)NCCN1CCCCC1.I. The molecule has 2 N–H and O–H groups in total. The topological polar surface area (TPSA) is 61.8 Å². The van der Waals surface area contributed by atoms with E-state index in [0.717, 1.165) is 31.2 Å². The van der Waals surface area contributed by atoms with Crippen molar-refractivity contribution in [3.8, 4) is 5.88 Å². The molecule has 0 spiro atoms. The Bertz CT molecular complexity index is 492. The summed E-state index contributed by atoms with van der Waals surface area (Å²) in [6.07, 6.45) is 5.79. The molecule has 0 atom stereocenters. The van der Waals surface area contributed by atoms with Crippen LogP contribution in [-0.4, -0.2) is 55.7 Å². The number of piperidine rings is 1. The number of nitrogens with one attached hydrogen (secondary N) is 2. The summed E-state index contributed by atoms with van der Waals surface area (Å²) in [5.41, 5.74) is 1.09. The zero-order valence-electron chi connectivity index (χ0n) is 14.8. The zero-order valence-corrected chi connectivity index (χ0v) is 17.1. The molecule has 1 saturated heterocycles. The molecule has 0 aromatic carbocycles. The van der Waals surface area contributed by atoms with Crippen molar-refractivity contribution in [1.29, 1.82) is 0 Å². The summed E-state index contributed by atoms with van der Waals surface area (Å²) in [5.74, 6) is 1.49. The van der Waals surface area contributed by atoms with Gasteiger partial charge < -0.3 is 20.3 Å². The molecular weight excluding hydrogens is 417 g/mol. The third kappa shape index (κ3) is 7.65. The van der Waals surface area contributed by atoms with E-state index >= 15 is 0 Å². The standard InChI is InChI=1S/C17H29N5O.HI/c1-3-18-17(20-9-12-22-10-5-4-6-11-22)21-14-15-7-8-19-16(13-15)23-2;/h7-8,13H,3-6,9-12,14H2,1-2H3,(H2,18,20,21);1H. The van der Waals surface area contributed by atoms with E-state index in [4.69, 9.17) is 4.74 Å². The van der Waals surface area contributed by atoms with Crippen LogP contribution in [0.25, 0.3) is 0 Å². The van der Waals surface area contributed by atoms with Gasteiger partial charge in [-0.3, -0.25) is 0 Å². The lowest BCUT2D eigenvalue weighted by atomic mass is 10.1. The van der Waals surface area contributed by atoms with Crippen LogP contribution in [0.4, 0.5) is 0 Å². The lowest BCUT2D eigenvalue weighted by Gasteiger charge is -2.26. The Kier molecular flexibility index (Phi) is 10.7. The first kappa shape index (κ1) is 21.0. The second-order valence-electron chi connectivity index (χ2n) is 5.73. The smallest absolute Gasteiger partial charge is 0.213 e. The molecule has 0 amide bonds. The van der Waals surface area contributed by atoms with E-state index in [1.807, 2.05) is 12.1 Å². The van der Waals surface area contributed by atoms with Crippen LogP contribution in [0.2, 0.25) is 0 Å². The van der Waals surface area contributed by atoms with E-state index in [1.165, 1.54) is 32.4 Å². The molecule has 0 radical (unpaired) electrons. The molecule has 0 unspecified atom stereocenters. The third-order valence-corrected chi connectivity index (χ3v) is 3.94. The molecule has 1 aliphatic rings. The van der Waals surface area contributed by atoms with Gasteiger partial charge in [0.1, 0.15) is 0 Å². The van der Waals surface area contributed by atoms with E-state index in [0.29, 0.717) is 12.4 Å². The van der Waals surface area contributed by atoms with Gasteiger partial charge in [0.15, 0.2) is 5.96 Å². The van der Waals surface area contributed by atoms with Crippen LogP contribution in [0, 0.1) is 0 Å². The number of nitrogens with zero attached hydrogens (tertiary/aromatic N) is 3. The van der Waals surface area contributed by atoms with Gasteiger partial charge in [0.25, 0.3) is 0 Å². The number of hydrogen-bond acceptors (Lipinski definition) is 4. The Balaban J connectivity index is 0.00000288. The summed E-state index contributed by atoms with van der Waals surface area (Å²) < 4.78 is 5.14.